The summed E-state index contributed by atoms with van der Waals surface area (Å²) in [4.78, 5) is 0. The van der Waals surface area contributed by atoms with Crippen LogP contribution in [0.5, 0.6) is 0 Å². The van der Waals surface area contributed by atoms with Gasteiger partial charge >= 0.3 is 0 Å². The number of hydrogen-bond donors (Lipinski definition) is 1. The van der Waals surface area contributed by atoms with Crippen LogP contribution in [0.1, 0.15) is 12.0 Å². The van der Waals surface area contributed by atoms with E-state index in [-0.39, 0.29) is 0 Å². The molecule has 15 heavy (non-hydrogen) atoms. The highest BCUT2D eigenvalue weighted by Crippen LogP contribution is 2.28. The minimum Gasteiger partial charge on any atom is -0.380 e. The second-order valence-electron chi connectivity index (χ2n) is 3.28. The van der Waals surface area contributed by atoms with Gasteiger partial charge in [0.2, 0.25) is 0 Å². The van der Waals surface area contributed by atoms with Crippen molar-refractivity contribution < 1.29 is 5.11 Å². The van der Waals surface area contributed by atoms with Crippen LogP contribution in [0.25, 0.3) is 0 Å². The van der Waals surface area contributed by atoms with E-state index >= 15 is 0 Å². The Bertz CT molecular complexity index is 405. The molecule has 0 aromatic heterocycles. The molecule has 1 nitrogen and oxygen atoms in total. The molecular formula is C13H13ClO. The van der Waals surface area contributed by atoms with E-state index in [9.17, 15) is 5.11 Å². The lowest BCUT2D eigenvalue weighted by molar-refractivity contribution is 0.0932. The van der Waals surface area contributed by atoms with Crippen molar-refractivity contribution in [2.24, 2.45) is 0 Å². The fraction of sp³-hybridized carbons (Fsp3) is 0.154. The van der Waals surface area contributed by atoms with Crippen molar-refractivity contribution in [1.29, 1.82) is 0 Å². The van der Waals surface area contributed by atoms with Crippen LogP contribution < -0.4 is 0 Å². The summed E-state index contributed by atoms with van der Waals surface area (Å²) in [6.45, 7) is 7.08. The number of halogens is 1. The summed E-state index contributed by atoms with van der Waals surface area (Å²) in [6, 6.07) is 7.09. The zero-order chi connectivity index (χ0) is 11.3. The first kappa shape index (κ1) is 11.8. The second kappa shape index (κ2) is 4.99. The van der Waals surface area contributed by atoms with Gasteiger partial charge in [-0.2, -0.15) is 0 Å². The smallest absolute Gasteiger partial charge is 0.118 e. The van der Waals surface area contributed by atoms with E-state index in [4.69, 9.17) is 11.6 Å². The minimum absolute atomic E-state index is 0.399. The monoisotopic (exact) mass is 220 g/mol. The Morgan fingerprint density at radius 1 is 1.53 bits per heavy atom. The van der Waals surface area contributed by atoms with E-state index in [2.05, 4.69) is 18.9 Å². The van der Waals surface area contributed by atoms with Gasteiger partial charge in [0.1, 0.15) is 5.60 Å². The Balaban J connectivity index is 3.19. The number of benzene rings is 1. The zero-order valence-electron chi connectivity index (χ0n) is 8.41. The second-order valence-corrected chi connectivity index (χ2v) is 3.71. The highest BCUT2D eigenvalue weighted by atomic mass is 35.5. The lowest BCUT2D eigenvalue weighted by atomic mass is 9.90. The van der Waals surface area contributed by atoms with Crippen molar-refractivity contribution in [2.75, 3.05) is 0 Å². The van der Waals surface area contributed by atoms with Gasteiger partial charge in [0, 0.05) is 11.4 Å². The summed E-state index contributed by atoms with van der Waals surface area (Å²) < 4.78 is 0. The van der Waals surface area contributed by atoms with Crippen molar-refractivity contribution in [3.63, 3.8) is 0 Å². The molecule has 0 radical (unpaired) electrons. The van der Waals surface area contributed by atoms with E-state index in [1.54, 1.807) is 24.3 Å². The van der Waals surface area contributed by atoms with Crippen molar-refractivity contribution in [3.05, 3.63) is 65.9 Å². The van der Waals surface area contributed by atoms with E-state index in [0.29, 0.717) is 17.0 Å². The topological polar surface area (TPSA) is 20.2 Å². The molecule has 1 aromatic carbocycles. The average molecular weight is 221 g/mol. The molecule has 1 atom stereocenters. The van der Waals surface area contributed by atoms with Crippen LogP contribution in [0.15, 0.2) is 55.3 Å². The third-order valence-corrected chi connectivity index (χ3v) is 2.36. The number of rotatable bonds is 4. The maximum Gasteiger partial charge on any atom is 0.118 e. The minimum atomic E-state index is -1.12. The third kappa shape index (κ3) is 2.84. The molecule has 0 saturated carbocycles. The molecule has 2 heteroatoms. The molecule has 0 spiro atoms. The van der Waals surface area contributed by atoms with E-state index < -0.39 is 5.60 Å². The quantitative estimate of drug-likeness (QED) is 0.609. The van der Waals surface area contributed by atoms with Crippen LogP contribution in [-0.2, 0) is 5.60 Å². The summed E-state index contributed by atoms with van der Waals surface area (Å²) in [5.41, 5.74) is 2.19. The molecule has 0 saturated heterocycles. The van der Waals surface area contributed by atoms with E-state index in [1.165, 1.54) is 6.08 Å². The van der Waals surface area contributed by atoms with Crippen molar-refractivity contribution in [1.82, 2.24) is 0 Å². The molecule has 0 amide bonds. The SMILES string of the molecule is C=C=CC(O)(CC=C)c1cccc(Cl)c1. The molecule has 0 bridgehead atoms. The van der Waals surface area contributed by atoms with Crippen LogP contribution in [0.2, 0.25) is 5.02 Å². The Hall–Kier alpha value is -1.27. The fourth-order valence-corrected chi connectivity index (χ4v) is 1.60. The summed E-state index contributed by atoms with van der Waals surface area (Å²) in [6.07, 6.45) is 3.56. The van der Waals surface area contributed by atoms with Gasteiger partial charge in [-0.3, -0.25) is 0 Å². The fourth-order valence-electron chi connectivity index (χ4n) is 1.41. The van der Waals surface area contributed by atoms with Gasteiger partial charge in [0.25, 0.3) is 0 Å². The van der Waals surface area contributed by atoms with Crippen LogP contribution in [0, 0.1) is 0 Å². The third-order valence-electron chi connectivity index (χ3n) is 2.12. The Morgan fingerprint density at radius 2 is 2.27 bits per heavy atom. The van der Waals surface area contributed by atoms with E-state index in [0.717, 1.165) is 0 Å². The number of aliphatic hydroxyl groups is 1. The highest BCUT2D eigenvalue weighted by Gasteiger charge is 2.24. The first-order valence-electron chi connectivity index (χ1n) is 4.58. The van der Waals surface area contributed by atoms with Crippen LogP contribution in [-0.4, -0.2) is 5.11 Å². The Labute approximate surface area is 95.0 Å². The molecule has 0 heterocycles. The van der Waals surface area contributed by atoms with Crippen molar-refractivity contribution >= 4 is 11.6 Å². The molecule has 78 valence electrons. The Kier molecular flexibility index (Phi) is 3.93. The maximum atomic E-state index is 10.3. The van der Waals surface area contributed by atoms with Crippen molar-refractivity contribution in [2.45, 2.75) is 12.0 Å². The lowest BCUT2D eigenvalue weighted by Gasteiger charge is -2.22. The summed E-state index contributed by atoms with van der Waals surface area (Å²) in [5.74, 6) is 0. The average Bonchev–Trinajstić information content (AvgIpc) is 2.18. The molecule has 0 aliphatic heterocycles. The standard InChI is InChI=1S/C13H13ClO/c1-3-8-13(15,9-4-2)11-6-5-7-12(14)10-11/h3,5-7,9-10,15H,1-2,8H2. The molecule has 0 aliphatic rings. The molecule has 1 aromatic rings. The van der Waals surface area contributed by atoms with E-state index in [1.807, 2.05) is 6.07 Å². The van der Waals surface area contributed by atoms with Gasteiger partial charge < -0.3 is 5.11 Å². The predicted octanol–water partition coefficient (Wildman–Crippen LogP) is 3.44. The Morgan fingerprint density at radius 3 is 2.80 bits per heavy atom. The van der Waals surface area contributed by atoms with Crippen LogP contribution >= 0.6 is 11.6 Å². The number of hydrogen-bond acceptors (Lipinski definition) is 1. The van der Waals surface area contributed by atoms with Gasteiger partial charge in [-0.1, -0.05) is 36.4 Å². The molecular weight excluding hydrogens is 208 g/mol. The molecule has 1 unspecified atom stereocenters. The van der Waals surface area contributed by atoms with Gasteiger partial charge in [-0.25, -0.2) is 0 Å². The maximum absolute atomic E-state index is 10.3. The molecule has 1 rings (SSSR count). The molecule has 0 aliphatic carbocycles. The summed E-state index contributed by atoms with van der Waals surface area (Å²) in [7, 11) is 0. The van der Waals surface area contributed by atoms with Gasteiger partial charge in [-0.15, -0.1) is 12.3 Å². The summed E-state index contributed by atoms with van der Waals surface area (Å²) in [5, 5.41) is 10.9. The molecule has 1 N–H and O–H groups in total. The predicted molar refractivity (Wildman–Crippen MR) is 63.9 cm³/mol. The first-order chi connectivity index (χ1) is 7.12. The largest absolute Gasteiger partial charge is 0.380 e. The van der Waals surface area contributed by atoms with Gasteiger partial charge in [0.05, 0.1) is 0 Å². The summed E-state index contributed by atoms with van der Waals surface area (Å²) >= 11 is 5.86. The van der Waals surface area contributed by atoms with Gasteiger partial charge in [0.15, 0.2) is 0 Å². The highest BCUT2D eigenvalue weighted by molar-refractivity contribution is 6.30. The van der Waals surface area contributed by atoms with Crippen molar-refractivity contribution in [3.8, 4) is 0 Å². The zero-order valence-corrected chi connectivity index (χ0v) is 9.17. The first-order valence-corrected chi connectivity index (χ1v) is 4.96. The van der Waals surface area contributed by atoms with Gasteiger partial charge in [-0.05, 0) is 23.8 Å². The van der Waals surface area contributed by atoms with Crippen LogP contribution in [0.4, 0.5) is 0 Å². The lowest BCUT2D eigenvalue weighted by Crippen LogP contribution is -2.21. The van der Waals surface area contributed by atoms with Crippen LogP contribution in [0.3, 0.4) is 0 Å². The molecule has 0 fully saturated rings. The normalized spacial score (nSPS) is 13.7.